The van der Waals surface area contributed by atoms with E-state index in [2.05, 4.69) is 37.9 Å². The van der Waals surface area contributed by atoms with Crippen LogP contribution in [0.2, 0.25) is 0 Å². The third-order valence-corrected chi connectivity index (χ3v) is 5.41. The summed E-state index contributed by atoms with van der Waals surface area (Å²) in [6.45, 7) is 12.3. The van der Waals surface area contributed by atoms with Crippen molar-refractivity contribution in [3.63, 3.8) is 0 Å². The van der Waals surface area contributed by atoms with Crippen molar-refractivity contribution in [3.05, 3.63) is 10.6 Å². The van der Waals surface area contributed by atoms with Gasteiger partial charge < -0.3 is 10.2 Å². The number of anilines is 1. The number of hydrogen-bond acceptors (Lipinski definition) is 4. The average molecular weight is 281 g/mol. The molecule has 0 aromatic carbocycles. The largest absolute Gasteiger partial charge is 0.348 e. The second kappa shape index (κ2) is 6.71. The van der Waals surface area contributed by atoms with Crippen LogP contribution in [0.4, 0.5) is 5.13 Å². The van der Waals surface area contributed by atoms with Gasteiger partial charge in [-0.25, -0.2) is 4.98 Å². The Bertz CT molecular complexity index is 402. The minimum atomic E-state index is 0.419. The van der Waals surface area contributed by atoms with Crippen molar-refractivity contribution >= 4 is 16.5 Å². The smallest absolute Gasteiger partial charge is 0.185 e. The Morgan fingerprint density at radius 1 is 1.42 bits per heavy atom. The predicted octanol–water partition coefficient (Wildman–Crippen LogP) is 3.75. The SMILES string of the molecule is CCNC(C)c1sc(N2CCCC(C)CC2)nc1C. The van der Waals surface area contributed by atoms with E-state index in [1.807, 2.05) is 11.3 Å². The van der Waals surface area contributed by atoms with Gasteiger partial charge in [-0.05, 0) is 45.6 Å². The molecule has 0 radical (unpaired) electrons. The summed E-state index contributed by atoms with van der Waals surface area (Å²) >= 11 is 1.88. The quantitative estimate of drug-likeness (QED) is 0.911. The molecule has 2 atom stereocenters. The summed E-state index contributed by atoms with van der Waals surface area (Å²) < 4.78 is 0. The lowest BCUT2D eigenvalue weighted by atomic mass is 10.0. The van der Waals surface area contributed by atoms with Crippen LogP contribution < -0.4 is 10.2 Å². The van der Waals surface area contributed by atoms with Crippen LogP contribution in [0.15, 0.2) is 0 Å². The number of thiazole rings is 1. The fourth-order valence-corrected chi connectivity index (χ4v) is 3.93. The fraction of sp³-hybridized carbons (Fsp3) is 0.800. The van der Waals surface area contributed by atoms with Crippen molar-refractivity contribution in [3.8, 4) is 0 Å². The zero-order chi connectivity index (χ0) is 13.8. The summed E-state index contributed by atoms with van der Waals surface area (Å²) in [7, 11) is 0. The third kappa shape index (κ3) is 3.69. The van der Waals surface area contributed by atoms with Crippen molar-refractivity contribution in [1.82, 2.24) is 10.3 Å². The zero-order valence-corrected chi connectivity index (χ0v) is 13.5. The molecule has 0 amide bonds. The van der Waals surface area contributed by atoms with Gasteiger partial charge in [0.25, 0.3) is 0 Å². The monoisotopic (exact) mass is 281 g/mol. The molecule has 0 saturated carbocycles. The number of aromatic nitrogens is 1. The number of aryl methyl sites for hydroxylation is 1. The van der Waals surface area contributed by atoms with E-state index in [9.17, 15) is 0 Å². The van der Waals surface area contributed by atoms with Crippen molar-refractivity contribution in [1.29, 1.82) is 0 Å². The van der Waals surface area contributed by atoms with E-state index in [1.165, 1.54) is 48.1 Å². The summed E-state index contributed by atoms with van der Waals surface area (Å²) in [5.41, 5.74) is 1.20. The molecule has 3 nitrogen and oxygen atoms in total. The van der Waals surface area contributed by atoms with Gasteiger partial charge in [0, 0.05) is 24.0 Å². The number of rotatable bonds is 4. The maximum Gasteiger partial charge on any atom is 0.185 e. The summed E-state index contributed by atoms with van der Waals surface area (Å²) in [6, 6.07) is 0.419. The number of nitrogens with zero attached hydrogens (tertiary/aromatic N) is 2. The molecule has 0 bridgehead atoms. The Kier molecular flexibility index (Phi) is 5.22. The highest BCUT2D eigenvalue weighted by Gasteiger charge is 2.20. The molecule has 1 fully saturated rings. The van der Waals surface area contributed by atoms with Gasteiger partial charge in [-0.2, -0.15) is 0 Å². The summed E-state index contributed by atoms with van der Waals surface area (Å²) in [5.74, 6) is 0.867. The van der Waals surface area contributed by atoms with E-state index < -0.39 is 0 Å². The van der Waals surface area contributed by atoms with E-state index in [-0.39, 0.29) is 0 Å². The normalized spacial score (nSPS) is 22.3. The highest BCUT2D eigenvalue weighted by molar-refractivity contribution is 7.15. The topological polar surface area (TPSA) is 28.2 Å². The first kappa shape index (κ1) is 14.8. The molecule has 1 aromatic heterocycles. The Hall–Kier alpha value is -0.610. The average Bonchev–Trinajstić information content (AvgIpc) is 2.62. The van der Waals surface area contributed by atoms with Gasteiger partial charge in [0.1, 0.15) is 0 Å². The first-order valence-electron chi connectivity index (χ1n) is 7.57. The Morgan fingerprint density at radius 2 is 2.21 bits per heavy atom. The van der Waals surface area contributed by atoms with Crippen molar-refractivity contribution in [2.45, 2.75) is 53.0 Å². The highest BCUT2D eigenvalue weighted by atomic mass is 32.1. The van der Waals surface area contributed by atoms with Crippen molar-refractivity contribution < 1.29 is 0 Å². The second-order valence-electron chi connectivity index (χ2n) is 5.75. The highest BCUT2D eigenvalue weighted by Crippen LogP contribution is 2.32. The molecule has 1 aliphatic heterocycles. The first-order valence-corrected chi connectivity index (χ1v) is 8.39. The molecule has 1 saturated heterocycles. The van der Waals surface area contributed by atoms with E-state index in [0.29, 0.717) is 6.04 Å². The molecule has 4 heteroatoms. The maximum atomic E-state index is 4.81. The Balaban J connectivity index is 2.10. The maximum absolute atomic E-state index is 4.81. The molecule has 2 unspecified atom stereocenters. The van der Waals surface area contributed by atoms with Crippen LogP contribution in [-0.2, 0) is 0 Å². The minimum absolute atomic E-state index is 0.419. The molecule has 1 N–H and O–H groups in total. The van der Waals surface area contributed by atoms with Gasteiger partial charge in [-0.3, -0.25) is 0 Å². The summed E-state index contributed by atoms with van der Waals surface area (Å²) in [6.07, 6.45) is 3.97. The van der Waals surface area contributed by atoms with Crippen LogP contribution in [0.5, 0.6) is 0 Å². The van der Waals surface area contributed by atoms with E-state index in [0.717, 1.165) is 12.5 Å². The van der Waals surface area contributed by atoms with E-state index in [1.54, 1.807) is 0 Å². The lowest BCUT2D eigenvalue weighted by molar-refractivity contribution is 0.521. The van der Waals surface area contributed by atoms with Crippen LogP contribution >= 0.6 is 11.3 Å². The molecule has 2 rings (SSSR count). The van der Waals surface area contributed by atoms with E-state index in [4.69, 9.17) is 4.98 Å². The van der Waals surface area contributed by atoms with Crippen LogP contribution in [0.1, 0.15) is 56.6 Å². The zero-order valence-electron chi connectivity index (χ0n) is 12.7. The van der Waals surface area contributed by atoms with Gasteiger partial charge in [0.15, 0.2) is 5.13 Å². The molecule has 19 heavy (non-hydrogen) atoms. The van der Waals surface area contributed by atoms with Gasteiger partial charge >= 0.3 is 0 Å². The van der Waals surface area contributed by atoms with Crippen LogP contribution in [0, 0.1) is 12.8 Å². The number of nitrogens with one attached hydrogen (secondary N) is 1. The van der Waals surface area contributed by atoms with Crippen molar-refractivity contribution in [2.24, 2.45) is 5.92 Å². The van der Waals surface area contributed by atoms with Gasteiger partial charge in [-0.1, -0.05) is 13.8 Å². The Labute approximate surface area is 121 Å². The lowest BCUT2D eigenvalue weighted by Gasteiger charge is -2.19. The molecule has 1 aliphatic rings. The summed E-state index contributed by atoms with van der Waals surface area (Å²) in [5, 5.41) is 4.72. The molecule has 0 aliphatic carbocycles. The minimum Gasteiger partial charge on any atom is -0.348 e. The first-order chi connectivity index (χ1) is 9.11. The molecule has 0 spiro atoms. The van der Waals surface area contributed by atoms with Gasteiger partial charge in [0.2, 0.25) is 0 Å². The predicted molar refractivity (Wildman–Crippen MR) is 84.2 cm³/mol. The summed E-state index contributed by atoms with van der Waals surface area (Å²) in [4.78, 5) is 8.70. The fourth-order valence-electron chi connectivity index (χ4n) is 2.78. The third-order valence-electron chi connectivity index (χ3n) is 4.01. The molecule has 1 aromatic rings. The van der Waals surface area contributed by atoms with Gasteiger partial charge in [0.05, 0.1) is 5.69 Å². The molecular formula is C15H27N3S. The van der Waals surface area contributed by atoms with Crippen LogP contribution in [-0.4, -0.2) is 24.6 Å². The van der Waals surface area contributed by atoms with Crippen molar-refractivity contribution in [2.75, 3.05) is 24.5 Å². The van der Waals surface area contributed by atoms with Crippen LogP contribution in [0.25, 0.3) is 0 Å². The van der Waals surface area contributed by atoms with E-state index >= 15 is 0 Å². The molecule has 108 valence electrons. The second-order valence-corrected chi connectivity index (χ2v) is 6.76. The standard InChI is InChI=1S/C15H27N3S/c1-5-16-12(3)14-13(4)17-15(19-14)18-9-6-7-11(2)8-10-18/h11-12,16H,5-10H2,1-4H3. The molecular weight excluding hydrogens is 254 g/mol. The number of hydrogen-bond donors (Lipinski definition) is 1. The van der Waals surface area contributed by atoms with Crippen LogP contribution in [0.3, 0.4) is 0 Å². The lowest BCUT2D eigenvalue weighted by Crippen LogP contribution is -2.23. The van der Waals surface area contributed by atoms with Gasteiger partial charge in [-0.15, -0.1) is 11.3 Å². The Morgan fingerprint density at radius 3 is 2.95 bits per heavy atom. The molecule has 2 heterocycles.